The van der Waals surface area contributed by atoms with Gasteiger partial charge in [0, 0.05) is 43.7 Å². The molecule has 0 radical (unpaired) electrons. The summed E-state index contributed by atoms with van der Waals surface area (Å²) in [5.74, 6) is -0.473. The fraction of sp³-hybridized carbons (Fsp3) is 0.407. The third kappa shape index (κ3) is 6.41. The Kier molecular flexibility index (Phi) is 7.74. The number of benzene rings is 2. The third-order valence-corrected chi connectivity index (χ3v) is 9.29. The van der Waals surface area contributed by atoms with Gasteiger partial charge in [0.1, 0.15) is 5.69 Å². The molecule has 2 aromatic carbocycles. The number of nitro groups is 1. The SMILES string of the molecule is CC1(COc2c(N3CCN(S(=O)(=O)Cc4cccc([N+](=O)[O-])c4)CC3)cnn(-c3cccc(C(F)(F)F)c3)c2=O)CC1. The van der Waals surface area contributed by atoms with E-state index in [2.05, 4.69) is 5.10 Å². The Hall–Kier alpha value is -3.98. The Morgan fingerprint density at radius 2 is 1.76 bits per heavy atom. The van der Waals surface area contributed by atoms with Gasteiger partial charge < -0.3 is 9.64 Å². The number of sulfonamides is 1. The first kappa shape index (κ1) is 29.5. The number of alkyl halides is 3. The monoisotopic (exact) mass is 607 g/mol. The van der Waals surface area contributed by atoms with Crippen molar-refractivity contribution in [2.24, 2.45) is 5.41 Å². The van der Waals surface area contributed by atoms with Gasteiger partial charge in [0.15, 0.2) is 0 Å². The van der Waals surface area contributed by atoms with Crippen LogP contribution in [-0.4, -0.2) is 60.2 Å². The summed E-state index contributed by atoms with van der Waals surface area (Å²) in [7, 11) is -3.80. The number of nitrogens with zero attached hydrogens (tertiary/aromatic N) is 5. The second kappa shape index (κ2) is 11.0. The highest BCUT2D eigenvalue weighted by atomic mass is 32.2. The van der Waals surface area contributed by atoms with E-state index in [1.54, 1.807) is 4.90 Å². The summed E-state index contributed by atoms with van der Waals surface area (Å²) in [6.45, 7) is 2.77. The molecule has 2 fully saturated rings. The van der Waals surface area contributed by atoms with E-state index >= 15 is 0 Å². The topological polar surface area (TPSA) is 128 Å². The van der Waals surface area contributed by atoms with E-state index < -0.39 is 38.0 Å². The van der Waals surface area contributed by atoms with Gasteiger partial charge in [-0.3, -0.25) is 14.9 Å². The number of aromatic nitrogens is 2. The highest BCUT2D eigenvalue weighted by Crippen LogP contribution is 2.45. The quantitative estimate of drug-likeness (QED) is 0.264. The number of hydrogen-bond acceptors (Lipinski definition) is 8. The molecule has 0 unspecified atom stereocenters. The van der Waals surface area contributed by atoms with E-state index in [0.29, 0.717) is 11.3 Å². The van der Waals surface area contributed by atoms with E-state index in [-0.39, 0.29) is 55.3 Å². The minimum Gasteiger partial charge on any atom is -0.486 e. The summed E-state index contributed by atoms with van der Waals surface area (Å²) in [5, 5.41) is 15.2. The molecule has 0 atom stereocenters. The fourth-order valence-electron chi connectivity index (χ4n) is 4.66. The number of nitro benzene ring substituents is 1. The number of hydrogen-bond donors (Lipinski definition) is 0. The highest BCUT2D eigenvalue weighted by molar-refractivity contribution is 7.88. The van der Waals surface area contributed by atoms with E-state index in [0.717, 1.165) is 29.7 Å². The van der Waals surface area contributed by atoms with Crippen LogP contribution in [0, 0.1) is 15.5 Å². The normalized spacial score (nSPS) is 17.2. The molecule has 224 valence electrons. The van der Waals surface area contributed by atoms with Crippen molar-refractivity contribution in [2.45, 2.75) is 31.7 Å². The van der Waals surface area contributed by atoms with Crippen LogP contribution in [0.3, 0.4) is 0 Å². The molecule has 5 rings (SSSR count). The van der Waals surface area contributed by atoms with Gasteiger partial charge in [-0.25, -0.2) is 8.42 Å². The number of halogens is 3. The molecule has 3 aromatic rings. The molecule has 15 heteroatoms. The maximum atomic E-state index is 13.5. The Morgan fingerprint density at radius 3 is 2.40 bits per heavy atom. The lowest BCUT2D eigenvalue weighted by Crippen LogP contribution is -2.49. The second-order valence-electron chi connectivity index (χ2n) is 10.8. The molecule has 2 heterocycles. The molecule has 42 heavy (non-hydrogen) atoms. The maximum absolute atomic E-state index is 13.5. The van der Waals surface area contributed by atoms with Crippen LogP contribution in [0.25, 0.3) is 5.69 Å². The molecular formula is C27H28F3N5O6S. The zero-order valence-electron chi connectivity index (χ0n) is 22.6. The van der Waals surface area contributed by atoms with Gasteiger partial charge in [0.05, 0.1) is 34.7 Å². The first-order chi connectivity index (χ1) is 19.8. The molecule has 1 aromatic heterocycles. The first-order valence-corrected chi connectivity index (χ1v) is 14.8. The lowest BCUT2D eigenvalue weighted by Gasteiger charge is -2.35. The van der Waals surface area contributed by atoms with Gasteiger partial charge in [-0.2, -0.15) is 27.3 Å². The van der Waals surface area contributed by atoms with Crippen LogP contribution in [0.1, 0.15) is 30.9 Å². The Labute approximate surface area is 239 Å². The van der Waals surface area contributed by atoms with Gasteiger partial charge in [-0.15, -0.1) is 0 Å². The van der Waals surface area contributed by atoms with E-state index in [9.17, 15) is 36.5 Å². The van der Waals surface area contributed by atoms with E-state index in [1.165, 1.54) is 46.9 Å². The highest BCUT2D eigenvalue weighted by Gasteiger charge is 2.39. The number of anilines is 1. The zero-order valence-corrected chi connectivity index (χ0v) is 23.4. The minimum absolute atomic E-state index is 0.0663. The minimum atomic E-state index is -4.60. The predicted octanol–water partition coefficient (Wildman–Crippen LogP) is 3.99. The van der Waals surface area contributed by atoms with E-state index in [4.69, 9.17) is 4.74 Å². The van der Waals surface area contributed by atoms with Gasteiger partial charge in [0.2, 0.25) is 15.8 Å². The Balaban J connectivity index is 1.38. The lowest BCUT2D eigenvalue weighted by molar-refractivity contribution is -0.384. The number of rotatable bonds is 9. The molecule has 0 amide bonds. The number of non-ortho nitro benzene ring substituents is 1. The van der Waals surface area contributed by atoms with Crippen LogP contribution in [-0.2, 0) is 22.0 Å². The summed E-state index contributed by atoms with van der Waals surface area (Å²) >= 11 is 0. The third-order valence-electron chi connectivity index (χ3n) is 7.44. The summed E-state index contributed by atoms with van der Waals surface area (Å²) in [6, 6.07) is 9.73. The van der Waals surface area contributed by atoms with Crippen LogP contribution < -0.4 is 15.2 Å². The van der Waals surface area contributed by atoms with Crippen molar-refractivity contribution in [3.63, 3.8) is 0 Å². The van der Waals surface area contributed by atoms with Crippen molar-refractivity contribution >= 4 is 21.4 Å². The molecule has 1 saturated heterocycles. The first-order valence-electron chi connectivity index (χ1n) is 13.1. The molecule has 0 spiro atoms. The smallest absolute Gasteiger partial charge is 0.416 e. The van der Waals surface area contributed by atoms with Crippen molar-refractivity contribution in [2.75, 3.05) is 37.7 Å². The molecular weight excluding hydrogens is 579 g/mol. The van der Waals surface area contributed by atoms with Crippen LogP contribution in [0.2, 0.25) is 0 Å². The number of ether oxygens (including phenoxy) is 1. The molecule has 1 aliphatic heterocycles. The van der Waals surface area contributed by atoms with Gasteiger partial charge in [-0.1, -0.05) is 25.1 Å². The Bertz CT molecular complexity index is 1670. The van der Waals surface area contributed by atoms with Crippen LogP contribution in [0.5, 0.6) is 5.75 Å². The molecule has 11 nitrogen and oxygen atoms in total. The molecule has 2 aliphatic rings. The predicted molar refractivity (Wildman–Crippen MR) is 147 cm³/mol. The van der Waals surface area contributed by atoms with Crippen molar-refractivity contribution < 1.29 is 31.2 Å². The second-order valence-corrected chi connectivity index (χ2v) is 12.8. The van der Waals surface area contributed by atoms with Gasteiger partial charge in [0.25, 0.3) is 5.69 Å². The summed E-state index contributed by atoms with van der Waals surface area (Å²) in [4.78, 5) is 25.8. The summed E-state index contributed by atoms with van der Waals surface area (Å²) in [5.41, 5.74) is -1.41. The zero-order chi connectivity index (χ0) is 30.3. The molecule has 1 saturated carbocycles. The lowest BCUT2D eigenvalue weighted by atomic mass is 10.2. The Morgan fingerprint density at radius 1 is 1.07 bits per heavy atom. The average molecular weight is 608 g/mol. The largest absolute Gasteiger partial charge is 0.486 e. The fourth-order valence-corrected chi connectivity index (χ4v) is 6.16. The molecule has 1 aliphatic carbocycles. The maximum Gasteiger partial charge on any atom is 0.416 e. The molecule has 0 N–H and O–H groups in total. The summed E-state index contributed by atoms with van der Waals surface area (Å²) in [6.07, 6.45) is -1.43. The van der Waals surface area contributed by atoms with Crippen molar-refractivity contribution in [3.8, 4) is 11.4 Å². The summed E-state index contributed by atoms with van der Waals surface area (Å²) < 4.78 is 74.2. The standard InChI is InChI=1S/C27H28F3N5O6S/c1-26(8-9-26)18-41-24-23(16-31-34(25(24)36)21-6-3-5-20(15-21)27(28,29)30)32-10-12-33(13-11-32)42(39,40)17-19-4-2-7-22(14-19)35(37)38/h2-7,14-16H,8-13,17-18H2,1H3. The average Bonchev–Trinajstić information content (AvgIpc) is 3.69. The van der Waals surface area contributed by atoms with Gasteiger partial charge >= 0.3 is 11.7 Å². The van der Waals surface area contributed by atoms with E-state index in [1.807, 2.05) is 6.92 Å². The van der Waals surface area contributed by atoms with Crippen molar-refractivity contribution in [3.05, 3.63) is 86.3 Å². The number of piperazine rings is 1. The van der Waals surface area contributed by atoms with Crippen LogP contribution in [0.4, 0.5) is 24.5 Å². The van der Waals surface area contributed by atoms with Crippen LogP contribution in [0.15, 0.2) is 59.5 Å². The van der Waals surface area contributed by atoms with Crippen LogP contribution >= 0.6 is 0 Å². The van der Waals surface area contributed by atoms with Crippen molar-refractivity contribution in [1.29, 1.82) is 0 Å². The molecule has 0 bridgehead atoms. The van der Waals surface area contributed by atoms with Crippen molar-refractivity contribution in [1.82, 2.24) is 14.1 Å². The van der Waals surface area contributed by atoms with Gasteiger partial charge in [-0.05, 0) is 36.6 Å².